The fourth-order valence-corrected chi connectivity index (χ4v) is 6.05. The number of rotatable bonds is 9. The van der Waals surface area contributed by atoms with E-state index >= 15 is 0 Å². The number of amides is 3. The predicted molar refractivity (Wildman–Crippen MR) is 175 cm³/mol. The van der Waals surface area contributed by atoms with Gasteiger partial charge in [-0.3, -0.25) is 15.0 Å². The Morgan fingerprint density at radius 3 is 2.39 bits per heavy atom. The predicted octanol–water partition coefficient (Wildman–Crippen LogP) is 6.84. The number of carbonyl (C=O) groups is 3. The summed E-state index contributed by atoms with van der Waals surface area (Å²) in [5.41, 5.74) is 3.11. The van der Waals surface area contributed by atoms with E-state index in [2.05, 4.69) is 5.32 Å². The zero-order valence-electron chi connectivity index (χ0n) is 27.0. The highest BCUT2D eigenvalue weighted by atomic mass is 16.7. The van der Waals surface area contributed by atoms with Crippen LogP contribution in [0.25, 0.3) is 5.57 Å². The summed E-state index contributed by atoms with van der Waals surface area (Å²) in [5.74, 6) is -0.142. The van der Waals surface area contributed by atoms with E-state index in [0.717, 1.165) is 22.4 Å². The van der Waals surface area contributed by atoms with Crippen molar-refractivity contribution < 1.29 is 33.3 Å². The normalized spacial score (nSPS) is 17.5. The zero-order chi connectivity index (χ0) is 32.9. The lowest BCUT2D eigenvalue weighted by Gasteiger charge is -2.39. The number of carbonyl (C=O) groups excluding carboxylic acids is 3. The van der Waals surface area contributed by atoms with Crippen LogP contribution in [0.1, 0.15) is 56.4 Å². The number of para-hydroxylation sites is 1. The Bertz CT molecular complexity index is 1620. The molecule has 10 nitrogen and oxygen atoms in total. The molecular weight excluding hydrogens is 586 g/mol. The number of hydrogen-bond acceptors (Lipinski definition) is 7. The van der Waals surface area contributed by atoms with Gasteiger partial charge in [0.1, 0.15) is 17.8 Å². The van der Waals surface area contributed by atoms with Crippen LogP contribution >= 0.6 is 0 Å². The van der Waals surface area contributed by atoms with Crippen molar-refractivity contribution in [3.8, 4) is 0 Å². The highest BCUT2D eigenvalue weighted by Crippen LogP contribution is 2.55. The van der Waals surface area contributed by atoms with Crippen molar-refractivity contribution in [3.63, 3.8) is 0 Å². The molecule has 3 aromatic carbocycles. The standard InChI is InChI=1S/C36H41N3O7/c1-6-45-34(42)39-20-19-36(28(21-39)27-16-10-11-17-29(27)37-33(41)46-35(2,3)4)31-26(15-12-18-30(31)38(5)32(36)40)23-44-24-43-22-25-13-8-7-9-14-25/h7-18,21H,6,19-20,22-24H2,1-5H3,(H,37,41). The molecular formula is C36H41N3O7. The van der Waals surface area contributed by atoms with Crippen molar-refractivity contribution in [2.45, 2.75) is 58.3 Å². The average molecular weight is 628 g/mol. The molecule has 1 unspecified atom stereocenters. The van der Waals surface area contributed by atoms with E-state index in [4.69, 9.17) is 18.9 Å². The largest absolute Gasteiger partial charge is 0.449 e. The van der Waals surface area contributed by atoms with E-state index in [9.17, 15) is 14.4 Å². The summed E-state index contributed by atoms with van der Waals surface area (Å²) in [6, 6.07) is 22.8. The van der Waals surface area contributed by atoms with Gasteiger partial charge in [-0.15, -0.1) is 0 Å². The first-order valence-corrected chi connectivity index (χ1v) is 15.4. The number of hydrogen-bond donors (Lipinski definition) is 1. The molecule has 0 bridgehead atoms. The van der Waals surface area contributed by atoms with Gasteiger partial charge < -0.3 is 23.8 Å². The molecule has 3 aromatic rings. The topological polar surface area (TPSA) is 107 Å². The number of benzene rings is 3. The molecule has 2 aliphatic rings. The molecule has 0 fully saturated rings. The molecule has 0 radical (unpaired) electrons. The summed E-state index contributed by atoms with van der Waals surface area (Å²) in [4.78, 5) is 43.6. The van der Waals surface area contributed by atoms with Gasteiger partial charge in [0.05, 0.1) is 25.5 Å². The highest BCUT2D eigenvalue weighted by molar-refractivity contribution is 6.17. The summed E-state index contributed by atoms with van der Waals surface area (Å²) in [6.45, 7) is 8.24. The van der Waals surface area contributed by atoms with Crippen LogP contribution in [0, 0.1) is 0 Å². The molecule has 242 valence electrons. The summed E-state index contributed by atoms with van der Waals surface area (Å²) in [5, 5.41) is 2.86. The summed E-state index contributed by atoms with van der Waals surface area (Å²) < 4.78 is 22.6. The fourth-order valence-electron chi connectivity index (χ4n) is 6.05. The number of likely N-dealkylation sites (N-methyl/N-ethyl adjacent to an activating group) is 1. The molecule has 3 amide bonds. The molecule has 0 saturated carbocycles. The van der Waals surface area contributed by atoms with E-state index in [1.807, 2.05) is 60.7 Å². The first-order valence-electron chi connectivity index (χ1n) is 15.4. The van der Waals surface area contributed by atoms with Crippen LogP contribution in [0.2, 0.25) is 0 Å². The Balaban J connectivity index is 1.54. The lowest BCUT2D eigenvalue weighted by atomic mass is 9.67. The Morgan fingerprint density at radius 2 is 1.65 bits per heavy atom. The maximum absolute atomic E-state index is 14.5. The average Bonchev–Trinajstić information content (AvgIpc) is 3.24. The quantitative estimate of drug-likeness (QED) is 0.204. The van der Waals surface area contributed by atoms with Crippen LogP contribution < -0.4 is 10.2 Å². The molecule has 10 heteroatoms. The molecule has 1 spiro atoms. The van der Waals surface area contributed by atoms with Gasteiger partial charge in [-0.25, -0.2) is 9.59 Å². The highest BCUT2D eigenvalue weighted by Gasteiger charge is 2.55. The van der Waals surface area contributed by atoms with Gasteiger partial charge in [-0.2, -0.15) is 0 Å². The minimum absolute atomic E-state index is 0.0668. The van der Waals surface area contributed by atoms with E-state index in [1.54, 1.807) is 58.0 Å². The molecule has 5 rings (SSSR count). The SMILES string of the molecule is CCOC(=O)N1C=C(c2ccccc2NC(=O)OC(C)(C)C)C2(CC1)C(=O)N(C)c1cccc(COCOCc3ccccc3)c12. The third-order valence-corrected chi connectivity index (χ3v) is 7.95. The lowest BCUT2D eigenvalue weighted by molar-refractivity contribution is -0.121. The van der Waals surface area contributed by atoms with E-state index in [1.165, 1.54) is 4.90 Å². The Labute approximate surface area is 269 Å². The Morgan fingerprint density at radius 1 is 0.935 bits per heavy atom. The van der Waals surface area contributed by atoms with Crippen LogP contribution in [0.4, 0.5) is 21.0 Å². The van der Waals surface area contributed by atoms with E-state index in [-0.39, 0.29) is 38.9 Å². The van der Waals surface area contributed by atoms with Crippen LogP contribution in [0.15, 0.2) is 79.0 Å². The fraction of sp³-hybridized carbons (Fsp3) is 0.361. The number of nitrogens with one attached hydrogen (secondary N) is 1. The molecule has 0 aromatic heterocycles. The maximum atomic E-state index is 14.5. The van der Waals surface area contributed by atoms with Gasteiger partial charge in [-0.1, -0.05) is 60.7 Å². The third-order valence-electron chi connectivity index (χ3n) is 7.95. The van der Waals surface area contributed by atoms with Gasteiger partial charge in [0.25, 0.3) is 0 Å². The van der Waals surface area contributed by atoms with Crippen molar-refractivity contribution in [1.29, 1.82) is 0 Å². The molecule has 0 saturated heterocycles. The minimum atomic E-state index is -1.18. The Hall–Kier alpha value is -4.67. The molecule has 2 heterocycles. The number of ether oxygens (including phenoxy) is 4. The summed E-state index contributed by atoms with van der Waals surface area (Å²) in [7, 11) is 1.75. The van der Waals surface area contributed by atoms with Gasteiger partial charge in [0.2, 0.25) is 5.91 Å². The second-order valence-electron chi connectivity index (χ2n) is 12.2. The molecule has 2 aliphatic heterocycles. The summed E-state index contributed by atoms with van der Waals surface area (Å²) >= 11 is 0. The second kappa shape index (κ2) is 13.8. The maximum Gasteiger partial charge on any atom is 0.413 e. The van der Waals surface area contributed by atoms with Crippen molar-refractivity contribution in [3.05, 3.63) is 101 Å². The van der Waals surface area contributed by atoms with Crippen molar-refractivity contribution in [1.82, 2.24) is 4.90 Å². The van der Waals surface area contributed by atoms with Gasteiger partial charge >= 0.3 is 12.2 Å². The van der Waals surface area contributed by atoms with Crippen molar-refractivity contribution in [2.24, 2.45) is 0 Å². The van der Waals surface area contributed by atoms with Crippen LogP contribution in [-0.2, 0) is 42.4 Å². The van der Waals surface area contributed by atoms with Gasteiger partial charge in [0.15, 0.2) is 0 Å². The van der Waals surface area contributed by atoms with E-state index < -0.39 is 23.2 Å². The molecule has 1 N–H and O–H groups in total. The minimum Gasteiger partial charge on any atom is -0.449 e. The Kier molecular flexibility index (Phi) is 9.79. The van der Waals surface area contributed by atoms with Gasteiger partial charge in [0, 0.05) is 36.6 Å². The van der Waals surface area contributed by atoms with Crippen molar-refractivity contribution >= 4 is 35.0 Å². The molecule has 46 heavy (non-hydrogen) atoms. The van der Waals surface area contributed by atoms with Gasteiger partial charge in [-0.05, 0) is 62.9 Å². The van der Waals surface area contributed by atoms with Crippen LogP contribution in [0.3, 0.4) is 0 Å². The zero-order valence-corrected chi connectivity index (χ0v) is 27.0. The third kappa shape index (κ3) is 6.78. The molecule has 1 atom stereocenters. The van der Waals surface area contributed by atoms with Crippen LogP contribution in [0.5, 0.6) is 0 Å². The first-order chi connectivity index (χ1) is 22.0. The lowest BCUT2D eigenvalue weighted by Crippen LogP contribution is -2.47. The smallest absolute Gasteiger partial charge is 0.413 e. The number of nitrogens with zero attached hydrogens (tertiary/aromatic N) is 2. The number of fused-ring (bicyclic) bond motifs is 2. The summed E-state index contributed by atoms with van der Waals surface area (Å²) in [6.07, 6.45) is 0.820. The van der Waals surface area contributed by atoms with Crippen LogP contribution in [-0.4, -0.2) is 55.6 Å². The van der Waals surface area contributed by atoms with E-state index in [0.29, 0.717) is 23.4 Å². The monoisotopic (exact) mass is 627 g/mol. The number of anilines is 2. The first kappa shape index (κ1) is 32.7. The molecule has 0 aliphatic carbocycles. The van der Waals surface area contributed by atoms with Crippen molar-refractivity contribution in [2.75, 3.05) is 37.2 Å². The second-order valence-corrected chi connectivity index (χ2v) is 12.2.